The van der Waals surface area contributed by atoms with Crippen LogP contribution < -0.4 is 0 Å². The van der Waals surface area contributed by atoms with Crippen molar-refractivity contribution in [3.63, 3.8) is 0 Å². The Morgan fingerprint density at radius 1 is 0.875 bits per heavy atom. The number of carbonyl (C=O) groups excluding carboxylic acids is 1. The third kappa shape index (κ3) is 10.3. The molecule has 24 heavy (non-hydrogen) atoms. The van der Waals surface area contributed by atoms with Gasteiger partial charge in [0.2, 0.25) is 5.91 Å². The van der Waals surface area contributed by atoms with Gasteiger partial charge in [0.25, 0.3) is 0 Å². The number of carbonyl (C=O) groups is 1. The molecule has 0 aliphatic heterocycles. The van der Waals surface area contributed by atoms with Crippen molar-refractivity contribution in [2.75, 3.05) is 14.2 Å². The standard InChI is InChI=1S/C21H41NO2/c1-4-5-6-7-9-12-15-19-18-20(19)16-13-10-8-11-14-17-21(23)22(2)24-3/h19-20H,4-18H2,1-3H3/t19-,20+/m0/s1. The van der Waals surface area contributed by atoms with Crippen LogP contribution in [-0.2, 0) is 9.63 Å². The van der Waals surface area contributed by atoms with E-state index < -0.39 is 0 Å². The molecule has 0 aromatic heterocycles. The second kappa shape index (κ2) is 13.7. The summed E-state index contributed by atoms with van der Waals surface area (Å²) < 4.78 is 0. The van der Waals surface area contributed by atoms with Crippen LogP contribution in [-0.4, -0.2) is 25.1 Å². The molecule has 0 N–H and O–H groups in total. The van der Waals surface area contributed by atoms with Crippen LogP contribution in [0.5, 0.6) is 0 Å². The van der Waals surface area contributed by atoms with Crippen molar-refractivity contribution < 1.29 is 9.63 Å². The van der Waals surface area contributed by atoms with Crippen LogP contribution in [0.4, 0.5) is 0 Å². The molecule has 2 atom stereocenters. The zero-order chi connectivity index (χ0) is 17.6. The first-order valence-electron chi connectivity index (χ1n) is 10.5. The summed E-state index contributed by atoms with van der Waals surface area (Å²) in [5.41, 5.74) is 0. The van der Waals surface area contributed by atoms with Gasteiger partial charge < -0.3 is 0 Å². The maximum atomic E-state index is 11.6. The van der Waals surface area contributed by atoms with Gasteiger partial charge in [-0.05, 0) is 24.7 Å². The Morgan fingerprint density at radius 3 is 1.92 bits per heavy atom. The van der Waals surface area contributed by atoms with E-state index in [1.54, 1.807) is 7.05 Å². The van der Waals surface area contributed by atoms with Crippen LogP contribution >= 0.6 is 0 Å². The van der Waals surface area contributed by atoms with E-state index in [4.69, 9.17) is 4.84 Å². The summed E-state index contributed by atoms with van der Waals surface area (Å²) in [6.45, 7) is 2.29. The van der Waals surface area contributed by atoms with E-state index >= 15 is 0 Å². The van der Waals surface area contributed by atoms with Gasteiger partial charge in [-0.25, -0.2) is 5.06 Å². The second-order valence-electron chi connectivity index (χ2n) is 7.69. The Morgan fingerprint density at radius 2 is 1.38 bits per heavy atom. The minimum Gasteiger partial charge on any atom is -0.275 e. The molecule has 0 aromatic rings. The summed E-state index contributed by atoms with van der Waals surface area (Å²) in [6, 6.07) is 0. The van der Waals surface area contributed by atoms with Crippen molar-refractivity contribution in [3.8, 4) is 0 Å². The van der Waals surface area contributed by atoms with Crippen molar-refractivity contribution in [2.24, 2.45) is 11.8 Å². The Balaban J connectivity index is 1.81. The Bertz CT molecular complexity index is 319. The molecule has 3 heteroatoms. The van der Waals surface area contributed by atoms with Gasteiger partial charge >= 0.3 is 0 Å². The lowest BCUT2D eigenvalue weighted by Gasteiger charge is -2.12. The summed E-state index contributed by atoms with van der Waals surface area (Å²) in [5, 5.41) is 1.33. The number of hydroxylamine groups is 2. The molecule has 0 aromatic carbocycles. The van der Waals surface area contributed by atoms with E-state index in [1.165, 1.54) is 95.6 Å². The first kappa shape index (κ1) is 21.5. The molecule has 1 amide bonds. The summed E-state index contributed by atoms with van der Waals surface area (Å²) in [4.78, 5) is 16.4. The minimum absolute atomic E-state index is 0.0908. The van der Waals surface area contributed by atoms with Crippen LogP contribution in [0.3, 0.4) is 0 Å². The van der Waals surface area contributed by atoms with Gasteiger partial charge in [-0.2, -0.15) is 0 Å². The maximum absolute atomic E-state index is 11.6. The first-order valence-corrected chi connectivity index (χ1v) is 10.5. The van der Waals surface area contributed by atoms with Crippen LogP contribution in [0.2, 0.25) is 0 Å². The highest BCUT2D eigenvalue weighted by atomic mass is 16.7. The van der Waals surface area contributed by atoms with Crippen molar-refractivity contribution in [2.45, 2.75) is 103 Å². The zero-order valence-electron chi connectivity index (χ0n) is 16.5. The molecule has 142 valence electrons. The normalized spacial score (nSPS) is 19.5. The monoisotopic (exact) mass is 339 g/mol. The van der Waals surface area contributed by atoms with Crippen LogP contribution in [0.25, 0.3) is 0 Å². The van der Waals surface area contributed by atoms with Gasteiger partial charge in [-0.3, -0.25) is 9.63 Å². The average Bonchev–Trinajstić information content (AvgIpc) is 3.34. The fourth-order valence-corrected chi connectivity index (χ4v) is 3.68. The topological polar surface area (TPSA) is 29.5 Å². The Labute approximate surface area is 150 Å². The average molecular weight is 340 g/mol. The van der Waals surface area contributed by atoms with Gasteiger partial charge in [0.1, 0.15) is 0 Å². The molecule has 1 saturated carbocycles. The minimum atomic E-state index is 0.0908. The second-order valence-corrected chi connectivity index (χ2v) is 7.69. The van der Waals surface area contributed by atoms with Crippen molar-refractivity contribution in [1.82, 2.24) is 5.06 Å². The largest absolute Gasteiger partial charge is 0.275 e. The van der Waals surface area contributed by atoms with Crippen molar-refractivity contribution in [3.05, 3.63) is 0 Å². The molecule has 1 aliphatic carbocycles. The number of amides is 1. The van der Waals surface area contributed by atoms with Crippen LogP contribution in [0.1, 0.15) is 103 Å². The summed E-state index contributed by atoms with van der Waals surface area (Å²) in [6.07, 6.45) is 19.8. The summed E-state index contributed by atoms with van der Waals surface area (Å²) >= 11 is 0. The van der Waals surface area contributed by atoms with Gasteiger partial charge in [0.15, 0.2) is 0 Å². The summed E-state index contributed by atoms with van der Waals surface area (Å²) in [7, 11) is 3.22. The molecule has 3 nitrogen and oxygen atoms in total. The SMILES string of the molecule is CCCCCCCC[C@H]1C[C@H]1CCCCCCCC(=O)N(C)OC. The van der Waals surface area contributed by atoms with E-state index in [0.29, 0.717) is 6.42 Å². The highest BCUT2D eigenvalue weighted by molar-refractivity contribution is 5.74. The highest BCUT2D eigenvalue weighted by Crippen LogP contribution is 2.45. The lowest BCUT2D eigenvalue weighted by molar-refractivity contribution is -0.168. The molecule has 1 aliphatic rings. The van der Waals surface area contributed by atoms with Crippen molar-refractivity contribution >= 4 is 5.91 Å². The first-order chi connectivity index (χ1) is 11.7. The predicted molar refractivity (Wildman–Crippen MR) is 102 cm³/mol. The Kier molecular flexibility index (Phi) is 12.2. The van der Waals surface area contributed by atoms with E-state index in [9.17, 15) is 4.79 Å². The number of nitrogens with zero attached hydrogens (tertiary/aromatic N) is 1. The number of rotatable bonds is 16. The lowest BCUT2D eigenvalue weighted by atomic mass is 10.0. The molecule has 0 heterocycles. The molecule has 0 unspecified atom stereocenters. The van der Waals surface area contributed by atoms with Crippen LogP contribution in [0.15, 0.2) is 0 Å². The highest BCUT2D eigenvalue weighted by Gasteiger charge is 2.34. The van der Waals surface area contributed by atoms with E-state index in [-0.39, 0.29) is 5.91 Å². The van der Waals surface area contributed by atoms with Gasteiger partial charge in [-0.1, -0.05) is 84.0 Å². The molecule has 1 fully saturated rings. The summed E-state index contributed by atoms with van der Waals surface area (Å²) in [5.74, 6) is 2.21. The van der Waals surface area contributed by atoms with Gasteiger partial charge in [-0.15, -0.1) is 0 Å². The Hall–Kier alpha value is -0.570. The van der Waals surface area contributed by atoms with Gasteiger partial charge in [0.05, 0.1) is 7.11 Å². The molecular formula is C21H41NO2. The third-order valence-corrected chi connectivity index (χ3v) is 5.59. The maximum Gasteiger partial charge on any atom is 0.245 e. The molecular weight excluding hydrogens is 298 g/mol. The molecule has 0 saturated heterocycles. The quantitative estimate of drug-likeness (QED) is 0.250. The molecule has 0 bridgehead atoms. The molecule has 1 rings (SSSR count). The molecule has 0 spiro atoms. The van der Waals surface area contributed by atoms with E-state index in [0.717, 1.165) is 18.3 Å². The third-order valence-electron chi connectivity index (χ3n) is 5.59. The van der Waals surface area contributed by atoms with Gasteiger partial charge in [0, 0.05) is 13.5 Å². The zero-order valence-corrected chi connectivity index (χ0v) is 16.5. The fourth-order valence-electron chi connectivity index (χ4n) is 3.68. The van der Waals surface area contributed by atoms with Crippen molar-refractivity contribution in [1.29, 1.82) is 0 Å². The fraction of sp³-hybridized carbons (Fsp3) is 0.952. The number of hydrogen-bond acceptors (Lipinski definition) is 2. The smallest absolute Gasteiger partial charge is 0.245 e. The number of unbranched alkanes of at least 4 members (excludes halogenated alkanes) is 9. The van der Waals surface area contributed by atoms with E-state index in [1.807, 2.05) is 0 Å². The molecule has 0 radical (unpaired) electrons. The van der Waals surface area contributed by atoms with Crippen LogP contribution in [0, 0.1) is 11.8 Å². The predicted octanol–water partition coefficient (Wildman–Crippen LogP) is 6.12. The van der Waals surface area contributed by atoms with E-state index in [2.05, 4.69) is 6.92 Å². The number of hydrogen-bond donors (Lipinski definition) is 0. The lowest BCUT2D eigenvalue weighted by Crippen LogP contribution is -2.24.